The summed E-state index contributed by atoms with van der Waals surface area (Å²) in [7, 11) is 0. The number of hydrogen-bond acceptors (Lipinski definition) is 5. The third-order valence-electron chi connectivity index (χ3n) is 0.946. The second-order valence-electron chi connectivity index (χ2n) is 3.16. The summed E-state index contributed by atoms with van der Waals surface area (Å²) in [5.74, 6) is -2.94. The van der Waals surface area contributed by atoms with E-state index in [0.717, 1.165) is 20.8 Å². The average molecular weight is 302 g/mol. The van der Waals surface area contributed by atoms with Gasteiger partial charge in [-0.3, -0.25) is 24.2 Å². The van der Waals surface area contributed by atoms with Crippen LogP contribution in [0.2, 0.25) is 0 Å². The van der Waals surface area contributed by atoms with Crippen LogP contribution in [0.5, 0.6) is 0 Å². The SMILES string of the molecule is CC(=O)O.CC(=O)O.CC(=O)O.NC(=O)c1cccnc1. The fourth-order valence-electron chi connectivity index (χ4n) is 0.509. The molecule has 0 atom stereocenters. The minimum atomic E-state index is -0.833. The average Bonchev–Trinajstić information content (AvgIpc) is 2.27. The molecule has 1 rings (SSSR count). The van der Waals surface area contributed by atoms with Crippen molar-refractivity contribution in [2.45, 2.75) is 20.8 Å². The number of primary amides is 1. The van der Waals surface area contributed by atoms with Gasteiger partial charge >= 0.3 is 0 Å². The molecule has 21 heavy (non-hydrogen) atoms. The summed E-state index contributed by atoms with van der Waals surface area (Å²) >= 11 is 0. The number of pyridine rings is 1. The molecule has 1 aromatic rings. The Morgan fingerprint density at radius 1 is 0.952 bits per heavy atom. The number of carbonyl (C=O) groups is 4. The summed E-state index contributed by atoms with van der Waals surface area (Å²) in [4.78, 5) is 41.1. The fraction of sp³-hybridized carbons (Fsp3) is 0.250. The Labute approximate surface area is 121 Å². The maximum Gasteiger partial charge on any atom is 0.300 e. The van der Waals surface area contributed by atoms with Crippen molar-refractivity contribution in [2.75, 3.05) is 0 Å². The summed E-state index contributed by atoms with van der Waals surface area (Å²) in [5, 5.41) is 22.2. The van der Waals surface area contributed by atoms with Crippen molar-refractivity contribution in [3.8, 4) is 0 Å². The number of carbonyl (C=O) groups excluding carboxylic acids is 1. The van der Waals surface area contributed by atoms with Crippen LogP contribution < -0.4 is 5.73 Å². The van der Waals surface area contributed by atoms with Gasteiger partial charge in [0.1, 0.15) is 0 Å². The van der Waals surface area contributed by atoms with E-state index in [-0.39, 0.29) is 0 Å². The third-order valence-corrected chi connectivity index (χ3v) is 0.946. The molecule has 1 heterocycles. The van der Waals surface area contributed by atoms with Crippen LogP contribution in [0.15, 0.2) is 24.5 Å². The number of rotatable bonds is 1. The summed E-state index contributed by atoms with van der Waals surface area (Å²) in [6.07, 6.45) is 3.02. The van der Waals surface area contributed by atoms with Crippen molar-refractivity contribution < 1.29 is 34.5 Å². The first kappa shape index (κ1) is 23.1. The van der Waals surface area contributed by atoms with Gasteiger partial charge in [-0.2, -0.15) is 0 Å². The second kappa shape index (κ2) is 15.1. The topological polar surface area (TPSA) is 168 Å². The smallest absolute Gasteiger partial charge is 0.300 e. The van der Waals surface area contributed by atoms with Crippen LogP contribution in [-0.4, -0.2) is 44.1 Å². The molecule has 9 heteroatoms. The molecule has 0 aromatic carbocycles. The number of nitrogens with two attached hydrogens (primary N) is 1. The van der Waals surface area contributed by atoms with Crippen molar-refractivity contribution in [2.24, 2.45) is 5.73 Å². The van der Waals surface area contributed by atoms with Crippen LogP contribution in [0.1, 0.15) is 31.1 Å². The molecule has 1 amide bonds. The molecule has 0 saturated heterocycles. The Hall–Kier alpha value is -2.97. The molecule has 0 spiro atoms. The highest BCUT2D eigenvalue weighted by Crippen LogP contribution is 1.91. The molecule has 0 fully saturated rings. The van der Waals surface area contributed by atoms with E-state index >= 15 is 0 Å². The van der Waals surface area contributed by atoms with Crippen LogP contribution >= 0.6 is 0 Å². The molecule has 0 aliphatic heterocycles. The lowest BCUT2D eigenvalue weighted by Gasteiger charge is -1.88. The Balaban J connectivity index is -0.000000230. The first-order valence-electron chi connectivity index (χ1n) is 5.29. The van der Waals surface area contributed by atoms with E-state index in [1.165, 1.54) is 6.20 Å². The number of aromatic nitrogens is 1. The molecule has 0 aliphatic carbocycles. The highest BCUT2D eigenvalue weighted by Gasteiger charge is 1.94. The summed E-state index contributed by atoms with van der Waals surface area (Å²) < 4.78 is 0. The molecule has 0 unspecified atom stereocenters. The lowest BCUT2D eigenvalue weighted by Crippen LogP contribution is -2.10. The van der Waals surface area contributed by atoms with Crippen molar-refractivity contribution in [1.29, 1.82) is 0 Å². The van der Waals surface area contributed by atoms with Crippen LogP contribution in [-0.2, 0) is 14.4 Å². The van der Waals surface area contributed by atoms with Gasteiger partial charge in [0.15, 0.2) is 0 Å². The third kappa shape index (κ3) is 47.2. The number of nitrogens with zero attached hydrogens (tertiary/aromatic N) is 1. The number of hydrogen-bond donors (Lipinski definition) is 4. The molecule has 0 bridgehead atoms. The van der Waals surface area contributed by atoms with E-state index in [1.54, 1.807) is 18.3 Å². The monoisotopic (exact) mass is 302 g/mol. The minimum absolute atomic E-state index is 0.442. The van der Waals surface area contributed by atoms with E-state index in [2.05, 4.69) is 4.98 Å². The van der Waals surface area contributed by atoms with Gasteiger partial charge in [-0.15, -0.1) is 0 Å². The van der Waals surface area contributed by atoms with E-state index in [4.69, 9.17) is 35.4 Å². The summed E-state index contributed by atoms with van der Waals surface area (Å²) in [5.41, 5.74) is 5.38. The lowest BCUT2D eigenvalue weighted by atomic mass is 10.3. The Kier molecular flexibility index (Phi) is 16.6. The highest BCUT2D eigenvalue weighted by molar-refractivity contribution is 5.92. The lowest BCUT2D eigenvalue weighted by molar-refractivity contribution is -0.135. The van der Waals surface area contributed by atoms with Gasteiger partial charge in [0, 0.05) is 33.2 Å². The van der Waals surface area contributed by atoms with Gasteiger partial charge in [-0.05, 0) is 12.1 Å². The molecule has 1 aromatic heterocycles. The van der Waals surface area contributed by atoms with Gasteiger partial charge in [-0.25, -0.2) is 0 Å². The standard InChI is InChI=1S/C6H6N2O.3C2H4O2/c7-6(9)5-2-1-3-8-4-5;3*1-2(3)4/h1-4H,(H2,7,9);3*1H3,(H,3,4). The molecule has 0 saturated carbocycles. The number of amides is 1. The first-order chi connectivity index (χ1) is 9.50. The maximum atomic E-state index is 10.4. The zero-order valence-corrected chi connectivity index (χ0v) is 11.8. The minimum Gasteiger partial charge on any atom is -0.481 e. The Bertz CT molecular complexity index is 406. The van der Waals surface area contributed by atoms with E-state index < -0.39 is 23.8 Å². The number of carboxylic acid groups (broad SMARTS) is 3. The second-order valence-corrected chi connectivity index (χ2v) is 3.16. The van der Waals surface area contributed by atoms with Crippen LogP contribution in [0, 0.1) is 0 Å². The summed E-state index contributed by atoms with van der Waals surface area (Å²) in [6.45, 7) is 3.25. The molecular weight excluding hydrogens is 284 g/mol. The Morgan fingerprint density at radius 2 is 1.29 bits per heavy atom. The zero-order valence-electron chi connectivity index (χ0n) is 11.8. The van der Waals surface area contributed by atoms with Crippen molar-refractivity contribution in [1.82, 2.24) is 4.98 Å². The summed E-state index contributed by atoms with van der Waals surface area (Å²) in [6, 6.07) is 3.29. The number of carboxylic acids is 3. The van der Waals surface area contributed by atoms with Crippen molar-refractivity contribution in [3.05, 3.63) is 30.1 Å². The predicted molar refractivity (Wildman–Crippen MR) is 72.7 cm³/mol. The van der Waals surface area contributed by atoms with Gasteiger partial charge < -0.3 is 21.1 Å². The van der Waals surface area contributed by atoms with Crippen LogP contribution in [0.4, 0.5) is 0 Å². The van der Waals surface area contributed by atoms with E-state index in [0.29, 0.717) is 5.56 Å². The van der Waals surface area contributed by atoms with Gasteiger partial charge in [-0.1, -0.05) is 0 Å². The van der Waals surface area contributed by atoms with Crippen molar-refractivity contribution >= 4 is 23.8 Å². The van der Waals surface area contributed by atoms with Crippen molar-refractivity contribution in [3.63, 3.8) is 0 Å². The largest absolute Gasteiger partial charge is 0.481 e. The van der Waals surface area contributed by atoms with E-state index in [1.807, 2.05) is 0 Å². The van der Waals surface area contributed by atoms with Crippen LogP contribution in [0.3, 0.4) is 0 Å². The molecule has 0 aliphatic rings. The zero-order chi connectivity index (χ0) is 17.4. The molecule has 0 radical (unpaired) electrons. The highest BCUT2D eigenvalue weighted by atomic mass is 16.4. The van der Waals surface area contributed by atoms with Crippen LogP contribution in [0.25, 0.3) is 0 Å². The Morgan fingerprint density at radius 3 is 1.43 bits per heavy atom. The van der Waals surface area contributed by atoms with E-state index in [9.17, 15) is 4.79 Å². The van der Waals surface area contributed by atoms with Gasteiger partial charge in [0.2, 0.25) is 5.91 Å². The molecule has 9 nitrogen and oxygen atoms in total. The first-order valence-corrected chi connectivity index (χ1v) is 5.29. The fourth-order valence-corrected chi connectivity index (χ4v) is 0.509. The maximum absolute atomic E-state index is 10.4. The molecular formula is C12H18N2O7. The number of aliphatic carboxylic acids is 3. The predicted octanol–water partition coefficient (Wildman–Crippen LogP) is 0.453. The van der Waals surface area contributed by atoms with Gasteiger partial charge in [0.05, 0.1) is 5.56 Å². The molecule has 5 N–H and O–H groups in total. The quantitative estimate of drug-likeness (QED) is 0.579. The normalized spacial score (nSPS) is 7.38. The van der Waals surface area contributed by atoms with Gasteiger partial charge in [0.25, 0.3) is 17.9 Å². The molecule has 118 valence electrons.